The van der Waals surface area contributed by atoms with E-state index in [9.17, 15) is 4.79 Å². The zero-order valence-electron chi connectivity index (χ0n) is 13.0. The van der Waals surface area contributed by atoms with E-state index in [1.165, 1.54) is 22.2 Å². The molecule has 0 aliphatic carbocycles. The third kappa shape index (κ3) is 2.19. The highest BCUT2D eigenvalue weighted by Crippen LogP contribution is 2.39. The molecule has 1 unspecified atom stereocenters. The fourth-order valence-electron chi connectivity index (χ4n) is 4.19. The van der Waals surface area contributed by atoms with Crippen molar-refractivity contribution in [1.82, 2.24) is 9.88 Å². The molecule has 4 rings (SSSR count). The first kappa shape index (κ1) is 15.6. The summed E-state index contributed by atoms with van der Waals surface area (Å²) in [5, 5.41) is 4.82. The number of nitrogens with one attached hydrogen (secondary N) is 1. The topological polar surface area (TPSA) is 34.0 Å². The van der Waals surface area contributed by atoms with E-state index in [0.29, 0.717) is 18.2 Å². The molecular formula is C18H23ClN2O. The van der Waals surface area contributed by atoms with Crippen molar-refractivity contribution in [2.45, 2.75) is 45.1 Å². The smallest absolute Gasteiger partial charge is 0.167 e. The zero-order chi connectivity index (χ0) is 14.4. The van der Waals surface area contributed by atoms with Crippen molar-refractivity contribution in [3.63, 3.8) is 0 Å². The van der Waals surface area contributed by atoms with Crippen LogP contribution in [0.1, 0.15) is 53.8 Å². The molecule has 1 aromatic heterocycles. The summed E-state index contributed by atoms with van der Waals surface area (Å²) in [4.78, 5) is 12.5. The number of fused-ring (bicyclic) bond motifs is 3. The molecule has 118 valence electrons. The second-order valence-corrected chi connectivity index (χ2v) is 6.32. The number of nitrogens with zero attached hydrogens (tertiary/aromatic N) is 1. The van der Waals surface area contributed by atoms with Crippen molar-refractivity contribution in [1.29, 1.82) is 0 Å². The monoisotopic (exact) mass is 318 g/mol. The highest BCUT2D eigenvalue weighted by atomic mass is 35.5. The normalized spacial score (nSPS) is 20.4. The lowest BCUT2D eigenvalue weighted by Crippen LogP contribution is -2.23. The van der Waals surface area contributed by atoms with Crippen molar-refractivity contribution < 1.29 is 4.79 Å². The summed E-state index contributed by atoms with van der Waals surface area (Å²) in [6.45, 7) is 4.31. The Hall–Kier alpha value is -1.32. The Morgan fingerprint density at radius 2 is 2.09 bits per heavy atom. The van der Waals surface area contributed by atoms with E-state index in [1.54, 1.807) is 0 Å². The average Bonchev–Trinajstić information content (AvgIpc) is 2.65. The van der Waals surface area contributed by atoms with Crippen LogP contribution in [0.5, 0.6) is 0 Å². The summed E-state index contributed by atoms with van der Waals surface area (Å²) in [6, 6.07) is 6.64. The van der Waals surface area contributed by atoms with Gasteiger partial charge < -0.3 is 9.88 Å². The molecule has 0 amide bonds. The maximum atomic E-state index is 12.5. The minimum atomic E-state index is 0. The molecule has 0 fully saturated rings. The van der Waals surface area contributed by atoms with Gasteiger partial charge in [0, 0.05) is 42.1 Å². The van der Waals surface area contributed by atoms with E-state index in [-0.39, 0.29) is 12.4 Å². The van der Waals surface area contributed by atoms with Gasteiger partial charge in [-0.1, -0.05) is 25.5 Å². The number of halogens is 1. The van der Waals surface area contributed by atoms with E-state index in [2.05, 4.69) is 28.9 Å². The van der Waals surface area contributed by atoms with Gasteiger partial charge in [-0.3, -0.25) is 4.79 Å². The highest BCUT2D eigenvalue weighted by Gasteiger charge is 2.31. The van der Waals surface area contributed by atoms with E-state index < -0.39 is 0 Å². The molecule has 2 aliphatic rings. The number of benzene rings is 1. The van der Waals surface area contributed by atoms with Crippen LogP contribution in [0.15, 0.2) is 18.2 Å². The summed E-state index contributed by atoms with van der Waals surface area (Å²) in [5.41, 5.74) is 5.13. The van der Waals surface area contributed by atoms with Crippen LogP contribution in [-0.2, 0) is 12.8 Å². The molecule has 0 radical (unpaired) electrons. The Labute approximate surface area is 137 Å². The van der Waals surface area contributed by atoms with Crippen molar-refractivity contribution in [2.75, 3.05) is 13.1 Å². The van der Waals surface area contributed by atoms with Gasteiger partial charge in [-0.2, -0.15) is 0 Å². The Kier molecular flexibility index (Phi) is 4.28. The molecule has 4 heteroatoms. The van der Waals surface area contributed by atoms with Crippen LogP contribution >= 0.6 is 12.4 Å². The Morgan fingerprint density at radius 1 is 1.27 bits per heavy atom. The molecule has 1 aromatic carbocycles. The quantitative estimate of drug-likeness (QED) is 0.916. The molecule has 2 aliphatic heterocycles. The fraction of sp³-hybridized carbons (Fsp3) is 0.500. The summed E-state index contributed by atoms with van der Waals surface area (Å²) >= 11 is 0. The number of rotatable bonds is 2. The van der Waals surface area contributed by atoms with Crippen molar-refractivity contribution in [3.05, 3.63) is 35.0 Å². The fourth-order valence-corrected chi connectivity index (χ4v) is 4.19. The minimum absolute atomic E-state index is 0. The number of aromatic nitrogens is 1. The summed E-state index contributed by atoms with van der Waals surface area (Å²) in [5.74, 6) is 0.331. The summed E-state index contributed by atoms with van der Waals surface area (Å²) in [7, 11) is 0. The van der Waals surface area contributed by atoms with Crippen LogP contribution < -0.4 is 5.32 Å². The zero-order valence-corrected chi connectivity index (χ0v) is 13.8. The predicted octanol–water partition coefficient (Wildman–Crippen LogP) is 3.68. The Balaban J connectivity index is 0.00000144. The summed E-state index contributed by atoms with van der Waals surface area (Å²) in [6.07, 6.45) is 5.07. The number of Topliss-reactive ketones (excluding diaryl/α,β-unsaturated/α-hetero) is 1. The van der Waals surface area contributed by atoms with Gasteiger partial charge in [0.1, 0.15) is 0 Å². The maximum Gasteiger partial charge on any atom is 0.167 e. The van der Waals surface area contributed by atoms with Gasteiger partial charge in [-0.05, 0) is 31.0 Å². The average molecular weight is 319 g/mol. The van der Waals surface area contributed by atoms with Gasteiger partial charge in [0.25, 0.3) is 0 Å². The minimum Gasteiger partial charge on any atom is -0.340 e. The van der Waals surface area contributed by atoms with Gasteiger partial charge in [0.15, 0.2) is 5.78 Å². The lowest BCUT2D eigenvalue weighted by Gasteiger charge is -2.27. The standard InChI is InChI=1S/C18H22N2O.ClH/c1-2-4-12-11-17(21)15-6-3-5-14-13-7-9-19-10-8-16(13)20(12)18(14)15;/h3,5-6,12,19H,2,4,7-11H2,1H3;1H. The second kappa shape index (κ2) is 6.05. The molecule has 1 atom stereocenters. The molecule has 3 nitrogen and oxygen atoms in total. The first-order chi connectivity index (χ1) is 10.3. The van der Waals surface area contributed by atoms with E-state index in [0.717, 1.165) is 44.3 Å². The van der Waals surface area contributed by atoms with E-state index in [4.69, 9.17) is 0 Å². The number of hydrogen-bond donors (Lipinski definition) is 1. The second-order valence-electron chi connectivity index (χ2n) is 6.32. The number of carbonyl (C=O) groups excluding carboxylic acids is 1. The Morgan fingerprint density at radius 3 is 2.91 bits per heavy atom. The summed E-state index contributed by atoms with van der Waals surface area (Å²) < 4.78 is 2.53. The SMILES string of the molecule is CCCC1CC(=O)c2cccc3c4c(n1c23)CCNCC4.Cl. The van der Waals surface area contributed by atoms with Gasteiger partial charge in [-0.25, -0.2) is 0 Å². The third-order valence-electron chi connectivity index (χ3n) is 5.04. The van der Waals surface area contributed by atoms with Crippen molar-refractivity contribution in [2.24, 2.45) is 0 Å². The number of ketones is 1. The molecule has 1 N–H and O–H groups in total. The molecule has 2 aromatic rings. The van der Waals surface area contributed by atoms with Gasteiger partial charge in [0.05, 0.1) is 5.52 Å². The number of hydrogen-bond acceptors (Lipinski definition) is 2. The predicted molar refractivity (Wildman–Crippen MR) is 92.4 cm³/mol. The molecule has 22 heavy (non-hydrogen) atoms. The lowest BCUT2D eigenvalue weighted by molar-refractivity contribution is 0.0954. The van der Waals surface area contributed by atoms with Crippen LogP contribution in [-0.4, -0.2) is 23.4 Å². The third-order valence-corrected chi connectivity index (χ3v) is 5.04. The lowest BCUT2D eigenvalue weighted by atomic mass is 9.94. The largest absolute Gasteiger partial charge is 0.340 e. The first-order valence-electron chi connectivity index (χ1n) is 8.19. The molecule has 0 saturated heterocycles. The van der Waals surface area contributed by atoms with Crippen molar-refractivity contribution in [3.8, 4) is 0 Å². The van der Waals surface area contributed by atoms with Gasteiger partial charge in [-0.15, -0.1) is 12.4 Å². The van der Waals surface area contributed by atoms with Crippen LogP contribution in [0.4, 0.5) is 0 Å². The molecule has 3 heterocycles. The first-order valence-corrected chi connectivity index (χ1v) is 8.19. The Bertz CT molecular complexity index is 719. The van der Waals surface area contributed by atoms with Gasteiger partial charge in [0.2, 0.25) is 0 Å². The molecular weight excluding hydrogens is 296 g/mol. The number of para-hydroxylation sites is 1. The van der Waals surface area contributed by atoms with Crippen LogP contribution in [0.2, 0.25) is 0 Å². The van der Waals surface area contributed by atoms with Crippen LogP contribution in [0.3, 0.4) is 0 Å². The molecule has 0 saturated carbocycles. The van der Waals surface area contributed by atoms with E-state index in [1.807, 2.05) is 6.07 Å². The molecule has 0 spiro atoms. The highest BCUT2D eigenvalue weighted by molar-refractivity contribution is 6.09. The molecule has 0 bridgehead atoms. The number of carbonyl (C=O) groups is 1. The maximum absolute atomic E-state index is 12.5. The van der Waals surface area contributed by atoms with Gasteiger partial charge >= 0.3 is 0 Å². The van der Waals surface area contributed by atoms with Crippen molar-refractivity contribution >= 4 is 29.1 Å². The van der Waals surface area contributed by atoms with Crippen LogP contribution in [0.25, 0.3) is 10.9 Å². The van der Waals surface area contributed by atoms with E-state index >= 15 is 0 Å². The van der Waals surface area contributed by atoms with Crippen LogP contribution in [0, 0.1) is 0 Å².